The van der Waals surface area contributed by atoms with Gasteiger partial charge in [-0.15, -0.1) is 0 Å². The second kappa shape index (κ2) is 31.4. The first kappa shape index (κ1) is 71.2. The van der Waals surface area contributed by atoms with E-state index < -0.39 is 29.8 Å². The van der Waals surface area contributed by atoms with Crippen molar-refractivity contribution in [3.63, 3.8) is 0 Å². The molecular formula is C99H63N7O8. The van der Waals surface area contributed by atoms with Crippen LogP contribution in [0.25, 0.3) is 116 Å². The third-order valence-electron chi connectivity index (χ3n) is 20.4. The minimum Gasteiger partial charge on any atom is -0.457 e. The number of carbonyl (C=O) groups is 4. The van der Waals surface area contributed by atoms with Crippen LogP contribution in [0, 0.1) is 24.5 Å². The van der Waals surface area contributed by atoms with Gasteiger partial charge in [-0.1, -0.05) is 237 Å². The first-order valence-electron chi connectivity index (χ1n) is 36.8. The van der Waals surface area contributed by atoms with Crippen molar-refractivity contribution < 1.29 is 38.1 Å². The zero-order valence-electron chi connectivity index (χ0n) is 61.0. The molecule has 2 aromatic heterocycles. The summed E-state index contributed by atoms with van der Waals surface area (Å²) in [5.41, 5.74) is 16.9. The summed E-state index contributed by atoms with van der Waals surface area (Å²) in [5.74, 6) is -2.18. The number of nitrogens with zero attached hydrogens (tertiary/aromatic N) is 7. The van der Waals surface area contributed by atoms with Gasteiger partial charge in [0.25, 0.3) is 0 Å². The fourth-order valence-electron chi connectivity index (χ4n) is 14.8. The molecule has 0 saturated carbocycles. The molecule has 0 amide bonds. The molecule has 0 atom stereocenters. The van der Waals surface area contributed by atoms with Crippen LogP contribution < -0.4 is 0 Å². The number of carbonyl (C=O) groups excluding carboxylic acids is 4. The number of nitriles is 1. The molecule has 0 N–H and O–H groups in total. The largest absolute Gasteiger partial charge is 0.457 e. The van der Waals surface area contributed by atoms with Crippen molar-refractivity contribution in [2.45, 2.75) is 32.3 Å². The molecule has 0 aliphatic heterocycles. The highest BCUT2D eigenvalue weighted by Crippen LogP contribution is 2.52. The summed E-state index contributed by atoms with van der Waals surface area (Å²) < 4.78 is 25.9. The number of para-hydroxylation sites is 1. The van der Waals surface area contributed by atoms with E-state index in [1.807, 2.05) is 271 Å². The van der Waals surface area contributed by atoms with Gasteiger partial charge in [-0.25, -0.2) is 43.8 Å². The molecule has 542 valence electrons. The van der Waals surface area contributed by atoms with Crippen molar-refractivity contribution in [3.05, 3.63) is 417 Å². The lowest BCUT2D eigenvalue weighted by molar-refractivity contribution is 0.0464. The molecule has 0 fully saturated rings. The lowest BCUT2D eigenvalue weighted by atomic mass is 9.84. The van der Waals surface area contributed by atoms with Gasteiger partial charge in [0.1, 0.15) is 26.4 Å². The Morgan fingerprint density at radius 2 is 0.772 bits per heavy atom. The summed E-state index contributed by atoms with van der Waals surface area (Å²) in [6, 6.07) is 104. The number of hydrogen-bond donors (Lipinski definition) is 0. The van der Waals surface area contributed by atoms with E-state index in [2.05, 4.69) is 21.8 Å². The average Bonchev–Trinajstić information content (AvgIpc) is 1.56. The van der Waals surface area contributed by atoms with Crippen LogP contribution >= 0.6 is 0 Å². The number of aromatic nitrogens is 4. The van der Waals surface area contributed by atoms with Gasteiger partial charge in [-0.3, -0.25) is 0 Å². The highest BCUT2D eigenvalue weighted by molar-refractivity contribution is 6.13. The van der Waals surface area contributed by atoms with Crippen LogP contribution in [0.4, 0.5) is 11.4 Å². The van der Waals surface area contributed by atoms with Gasteiger partial charge in [-0.05, 0) is 174 Å². The smallest absolute Gasteiger partial charge is 0.338 e. The van der Waals surface area contributed by atoms with Crippen molar-refractivity contribution in [3.8, 4) is 90.4 Å². The lowest BCUT2D eigenvalue weighted by Gasteiger charge is -2.21. The van der Waals surface area contributed by atoms with Crippen molar-refractivity contribution in [1.82, 2.24) is 19.5 Å². The summed E-state index contributed by atoms with van der Waals surface area (Å²) in [7, 11) is 0. The zero-order chi connectivity index (χ0) is 77.6. The predicted octanol–water partition coefficient (Wildman–Crippen LogP) is 22.5. The Morgan fingerprint density at radius 3 is 1.29 bits per heavy atom. The molecule has 2 heterocycles. The topological polar surface area (TPSA) is 181 Å². The minimum atomic E-state index is -0.663. The Labute approximate surface area is 656 Å². The number of ether oxygens (including phenoxy) is 4. The number of hydrogen-bond acceptors (Lipinski definition) is 12. The predicted molar refractivity (Wildman–Crippen MR) is 439 cm³/mol. The van der Waals surface area contributed by atoms with Crippen LogP contribution in [0.5, 0.6) is 0 Å². The first-order chi connectivity index (χ1) is 56.0. The Balaban J connectivity index is 0.899. The Morgan fingerprint density at radius 1 is 0.342 bits per heavy atom. The number of rotatable bonds is 20. The third kappa shape index (κ3) is 14.4. The quantitative estimate of drug-likeness (QED) is 0.0401. The minimum absolute atomic E-state index is 0.0271. The molecule has 0 unspecified atom stereocenters. The van der Waals surface area contributed by atoms with Crippen LogP contribution in [-0.2, 0) is 45.4 Å². The molecular weight excluding hydrogens is 1420 g/mol. The fourth-order valence-corrected chi connectivity index (χ4v) is 14.8. The van der Waals surface area contributed by atoms with Crippen LogP contribution in [-0.4, -0.2) is 43.4 Å². The second-order valence-electron chi connectivity index (χ2n) is 27.5. The molecule has 16 aromatic rings. The Kier molecular flexibility index (Phi) is 19.6. The van der Waals surface area contributed by atoms with Crippen LogP contribution in [0.1, 0.15) is 91.9 Å². The average molecular weight is 1480 g/mol. The first-order valence-corrected chi connectivity index (χ1v) is 36.8. The standard InChI is InChI=1S/C99H63N7O8/c1-101-76-33-20-31-67(50-76)66-30-19-32-70(49-66)93-103-94(81-45-37-68(78-35-17-18-36-88(78)102-2)51-87(81)92-79-43-39-71(96(107)111-58-62-21-7-3-8-22-62)52-83(79)84-53-72(40-44-80(84)92)97(108)112-59-63-23-9-4-10-24-63)105-95(104-93)82-46-38-69(77-34-16-15-29-75(77)57-100)56-91(82)106-89-47-41-73(98(109)113-60-64-25-11-5-12-26-64)54-85(89)86-55-74(42-48-90(86)106)99(110)114-61-65-27-13-6-14-28-65/h3-56,92H,58-61H2. The number of esters is 4. The van der Waals surface area contributed by atoms with Gasteiger partial charge < -0.3 is 23.5 Å². The van der Waals surface area contributed by atoms with E-state index in [1.165, 1.54) is 0 Å². The zero-order valence-corrected chi connectivity index (χ0v) is 61.0. The lowest BCUT2D eigenvalue weighted by Crippen LogP contribution is -2.08. The van der Waals surface area contributed by atoms with Crippen LogP contribution in [0.2, 0.25) is 0 Å². The van der Waals surface area contributed by atoms with E-state index in [1.54, 1.807) is 54.6 Å². The molecule has 1 aliphatic carbocycles. The van der Waals surface area contributed by atoms with Crippen LogP contribution in [0.3, 0.4) is 0 Å². The number of benzene rings is 14. The van der Waals surface area contributed by atoms with Crippen molar-refractivity contribution in [2.75, 3.05) is 0 Å². The van der Waals surface area contributed by atoms with E-state index in [0.717, 1.165) is 44.5 Å². The molecule has 1 aliphatic rings. The van der Waals surface area contributed by atoms with E-state index >= 15 is 0 Å². The molecule has 0 radical (unpaired) electrons. The highest BCUT2D eigenvalue weighted by Gasteiger charge is 2.35. The summed E-state index contributed by atoms with van der Waals surface area (Å²) in [6.07, 6.45) is 0. The van der Waals surface area contributed by atoms with E-state index in [0.29, 0.717) is 100 Å². The van der Waals surface area contributed by atoms with Crippen LogP contribution in [0.15, 0.2) is 328 Å². The maximum absolute atomic E-state index is 14.4. The van der Waals surface area contributed by atoms with Crippen molar-refractivity contribution in [2.24, 2.45) is 0 Å². The highest BCUT2D eigenvalue weighted by atomic mass is 16.5. The molecule has 0 spiro atoms. The summed E-state index contributed by atoms with van der Waals surface area (Å²) in [6.45, 7) is 16.5. The monoisotopic (exact) mass is 1480 g/mol. The fraction of sp³-hybridized carbons (Fsp3) is 0.0505. The molecule has 0 saturated heterocycles. The van der Waals surface area contributed by atoms with Gasteiger partial charge in [-0.2, -0.15) is 5.26 Å². The Hall–Kier alpha value is -15.8. The maximum Gasteiger partial charge on any atom is 0.338 e. The SMILES string of the molecule is [C-]#[N+]c1cccc(-c2cccc(-c3nc(-c4ccc(-c5ccccc5[N+]#[C-])cc4C4c5ccc(C(=O)OCc6ccccc6)cc5-c5cc(C(=O)OCc6ccccc6)ccc54)nc(-c4ccc(-c5ccccc5C#N)cc4-n4c5ccc(C(=O)OCc6ccccc6)cc5c5cc(C(=O)OCc6ccccc6)ccc54)n3)c2)c1. The molecule has 17 rings (SSSR count). The van der Waals surface area contributed by atoms with E-state index in [9.17, 15) is 24.4 Å². The van der Waals surface area contributed by atoms with Gasteiger partial charge in [0, 0.05) is 33.4 Å². The van der Waals surface area contributed by atoms with E-state index in [4.69, 9.17) is 47.0 Å². The van der Waals surface area contributed by atoms with Gasteiger partial charge in [0.2, 0.25) is 0 Å². The Bertz CT molecular complexity index is 6420. The van der Waals surface area contributed by atoms with Crippen molar-refractivity contribution in [1.29, 1.82) is 5.26 Å². The van der Waals surface area contributed by atoms with Gasteiger partial charge in [0.05, 0.1) is 63.8 Å². The van der Waals surface area contributed by atoms with E-state index in [-0.39, 0.29) is 66.2 Å². The maximum atomic E-state index is 14.4. The van der Waals surface area contributed by atoms with Gasteiger partial charge >= 0.3 is 23.9 Å². The summed E-state index contributed by atoms with van der Waals surface area (Å²) >= 11 is 0. The van der Waals surface area contributed by atoms with Crippen molar-refractivity contribution >= 4 is 57.1 Å². The molecule has 114 heavy (non-hydrogen) atoms. The molecule has 15 nitrogen and oxygen atoms in total. The normalized spacial score (nSPS) is 11.4. The number of fused-ring (bicyclic) bond motifs is 6. The van der Waals surface area contributed by atoms with Gasteiger partial charge in [0.15, 0.2) is 28.8 Å². The molecule has 14 aromatic carbocycles. The summed E-state index contributed by atoms with van der Waals surface area (Å²) in [4.78, 5) is 81.9. The third-order valence-corrected chi connectivity index (χ3v) is 20.4. The molecule has 0 bridgehead atoms. The molecule has 15 heteroatoms. The second-order valence-corrected chi connectivity index (χ2v) is 27.5. The summed E-state index contributed by atoms with van der Waals surface area (Å²) in [5, 5.41) is 12.0.